The lowest BCUT2D eigenvalue weighted by atomic mass is 9.77. The van der Waals surface area contributed by atoms with Crippen molar-refractivity contribution in [3.63, 3.8) is 0 Å². The molecule has 26 heavy (non-hydrogen) atoms. The first-order chi connectivity index (χ1) is 12.0. The number of halogens is 1. The zero-order chi connectivity index (χ0) is 18.9. The fraction of sp³-hybridized carbons (Fsp3) is 0.611. The molecule has 1 spiro atoms. The number of carbonyl (C=O) groups is 1. The molecule has 6 nitrogen and oxygen atoms in total. The van der Waals surface area contributed by atoms with Crippen LogP contribution in [0.3, 0.4) is 0 Å². The van der Waals surface area contributed by atoms with Gasteiger partial charge >= 0.3 is 6.09 Å². The smallest absolute Gasteiger partial charge is 0.424 e. The minimum absolute atomic E-state index is 0.000589. The zero-order valence-electron chi connectivity index (χ0n) is 14.9. The Morgan fingerprint density at radius 1 is 1.31 bits per heavy atom. The van der Waals surface area contributed by atoms with Gasteiger partial charge in [-0.25, -0.2) is 21.9 Å². The summed E-state index contributed by atoms with van der Waals surface area (Å²) in [4.78, 5) is 12.4. The Balaban J connectivity index is 1.60. The molecule has 0 aliphatic carbocycles. The molecule has 0 saturated carbocycles. The second-order valence-electron chi connectivity index (χ2n) is 8.34. The van der Waals surface area contributed by atoms with Crippen molar-refractivity contribution in [2.75, 3.05) is 6.54 Å². The van der Waals surface area contributed by atoms with Gasteiger partial charge in [-0.05, 0) is 51.3 Å². The normalized spacial score (nSPS) is 34.8. The second kappa shape index (κ2) is 5.42. The number of fused-ring (bicyclic) bond motifs is 1. The molecular formula is C18H22FNO5S. The van der Waals surface area contributed by atoms with Crippen molar-refractivity contribution in [2.45, 2.75) is 62.1 Å². The van der Waals surface area contributed by atoms with E-state index in [2.05, 4.69) is 0 Å². The highest BCUT2D eigenvalue weighted by atomic mass is 32.2. The molecule has 4 atom stereocenters. The number of benzene rings is 1. The molecule has 0 unspecified atom stereocenters. The molecule has 0 N–H and O–H groups in total. The number of hydrogen-bond donors (Lipinski definition) is 0. The number of sulfonamides is 1. The molecule has 3 saturated heterocycles. The van der Waals surface area contributed by atoms with Crippen molar-refractivity contribution in [3.05, 3.63) is 35.6 Å². The molecule has 3 fully saturated rings. The van der Waals surface area contributed by atoms with Crippen LogP contribution >= 0.6 is 0 Å². The van der Waals surface area contributed by atoms with Crippen LogP contribution in [0.15, 0.2) is 24.3 Å². The summed E-state index contributed by atoms with van der Waals surface area (Å²) in [6.45, 7) is 5.06. The summed E-state index contributed by atoms with van der Waals surface area (Å²) in [5.74, 6) is -0.311. The maximum atomic E-state index is 13.2. The minimum Gasteiger partial charge on any atom is -0.443 e. The van der Waals surface area contributed by atoms with Gasteiger partial charge in [0.05, 0.1) is 12.6 Å². The SMILES string of the molecule is CC(C)(C)OC(=O)N1C[C@@]23C[C@H](c4ccc(F)cc4)[C@@H](C[C@@H]2S1(=O)=O)O3. The molecule has 2 bridgehead atoms. The van der Waals surface area contributed by atoms with Gasteiger partial charge in [0.2, 0.25) is 10.0 Å². The van der Waals surface area contributed by atoms with Crippen molar-refractivity contribution < 1.29 is 27.1 Å². The predicted molar refractivity (Wildman–Crippen MR) is 91.6 cm³/mol. The van der Waals surface area contributed by atoms with Crippen LogP contribution in [0.25, 0.3) is 0 Å². The van der Waals surface area contributed by atoms with Crippen molar-refractivity contribution in [1.82, 2.24) is 4.31 Å². The Morgan fingerprint density at radius 3 is 2.58 bits per heavy atom. The quantitative estimate of drug-likeness (QED) is 0.746. The summed E-state index contributed by atoms with van der Waals surface area (Å²) in [6.07, 6.45) is -0.261. The summed E-state index contributed by atoms with van der Waals surface area (Å²) in [5, 5.41) is -0.732. The van der Waals surface area contributed by atoms with Gasteiger partial charge in [-0.1, -0.05) is 12.1 Å². The molecule has 4 rings (SSSR count). The van der Waals surface area contributed by atoms with Crippen LogP contribution in [0, 0.1) is 5.82 Å². The summed E-state index contributed by atoms with van der Waals surface area (Å²) >= 11 is 0. The summed E-state index contributed by atoms with van der Waals surface area (Å²) in [5.41, 5.74) is -0.753. The Kier molecular flexibility index (Phi) is 3.70. The van der Waals surface area contributed by atoms with E-state index in [1.54, 1.807) is 32.9 Å². The highest BCUT2D eigenvalue weighted by Gasteiger charge is 2.69. The maximum Gasteiger partial charge on any atom is 0.424 e. The van der Waals surface area contributed by atoms with Crippen LogP contribution < -0.4 is 0 Å². The predicted octanol–water partition coefficient (Wildman–Crippen LogP) is 2.79. The number of hydrogen-bond acceptors (Lipinski definition) is 5. The molecule has 0 aromatic heterocycles. The lowest BCUT2D eigenvalue weighted by Crippen LogP contribution is -2.40. The molecular weight excluding hydrogens is 361 g/mol. The number of ether oxygens (including phenoxy) is 2. The van der Waals surface area contributed by atoms with E-state index in [0.29, 0.717) is 12.8 Å². The number of carbonyl (C=O) groups excluding carboxylic acids is 1. The number of rotatable bonds is 1. The second-order valence-corrected chi connectivity index (χ2v) is 10.4. The van der Waals surface area contributed by atoms with Crippen molar-refractivity contribution >= 4 is 16.1 Å². The van der Waals surface area contributed by atoms with Gasteiger partial charge in [0.15, 0.2) is 0 Å². The summed E-state index contributed by atoms with van der Waals surface area (Å²) < 4.78 is 51.1. The van der Waals surface area contributed by atoms with Gasteiger partial charge in [-0.3, -0.25) is 0 Å². The largest absolute Gasteiger partial charge is 0.443 e. The van der Waals surface area contributed by atoms with Crippen molar-refractivity contribution in [1.29, 1.82) is 0 Å². The molecule has 1 amide bonds. The number of amides is 1. The van der Waals surface area contributed by atoms with Crippen LogP contribution in [0.1, 0.15) is 45.1 Å². The van der Waals surface area contributed by atoms with Crippen LogP contribution in [-0.4, -0.2) is 47.9 Å². The third kappa shape index (κ3) is 2.62. The van der Waals surface area contributed by atoms with Gasteiger partial charge in [-0.15, -0.1) is 0 Å². The zero-order valence-corrected chi connectivity index (χ0v) is 15.8. The Labute approximate surface area is 152 Å². The highest BCUT2D eigenvalue weighted by molar-refractivity contribution is 7.90. The first kappa shape index (κ1) is 17.7. The van der Waals surface area contributed by atoms with Gasteiger partial charge < -0.3 is 9.47 Å². The number of nitrogens with zero attached hydrogens (tertiary/aromatic N) is 1. The third-order valence-corrected chi connectivity index (χ3v) is 7.64. The lowest BCUT2D eigenvalue weighted by Gasteiger charge is -2.26. The molecule has 8 heteroatoms. The Hall–Kier alpha value is -1.67. The Morgan fingerprint density at radius 2 is 1.96 bits per heavy atom. The van der Waals surface area contributed by atoms with Crippen molar-refractivity contribution in [2.24, 2.45) is 0 Å². The molecule has 1 aromatic rings. The average molecular weight is 383 g/mol. The van der Waals surface area contributed by atoms with E-state index < -0.39 is 32.6 Å². The van der Waals surface area contributed by atoms with E-state index in [1.807, 2.05) is 0 Å². The first-order valence-corrected chi connectivity index (χ1v) is 10.2. The highest BCUT2D eigenvalue weighted by Crippen LogP contribution is 2.57. The third-order valence-electron chi connectivity index (χ3n) is 5.41. The monoisotopic (exact) mass is 383 g/mol. The van der Waals surface area contributed by atoms with E-state index >= 15 is 0 Å². The van der Waals surface area contributed by atoms with E-state index in [1.165, 1.54) is 12.1 Å². The van der Waals surface area contributed by atoms with Gasteiger partial charge in [0.1, 0.15) is 22.3 Å². The fourth-order valence-corrected chi connectivity index (χ4v) is 6.54. The first-order valence-electron chi connectivity index (χ1n) is 8.70. The molecule has 0 radical (unpaired) electrons. The van der Waals surface area contributed by atoms with E-state index in [0.717, 1.165) is 9.87 Å². The summed E-state index contributed by atoms with van der Waals surface area (Å²) in [7, 11) is -3.81. The van der Waals surface area contributed by atoms with E-state index in [-0.39, 0.29) is 24.4 Å². The van der Waals surface area contributed by atoms with Crippen LogP contribution in [0.4, 0.5) is 9.18 Å². The average Bonchev–Trinajstić information content (AvgIpc) is 3.13. The van der Waals surface area contributed by atoms with E-state index in [4.69, 9.17) is 9.47 Å². The molecule has 142 valence electrons. The lowest BCUT2D eigenvalue weighted by molar-refractivity contribution is 0.000350. The topological polar surface area (TPSA) is 72.9 Å². The van der Waals surface area contributed by atoms with Gasteiger partial charge in [0, 0.05) is 5.92 Å². The molecule has 3 heterocycles. The summed E-state index contributed by atoms with van der Waals surface area (Å²) in [6, 6.07) is 6.22. The van der Waals surface area contributed by atoms with E-state index in [9.17, 15) is 17.6 Å². The van der Waals surface area contributed by atoms with Gasteiger partial charge in [-0.2, -0.15) is 0 Å². The molecule has 1 aromatic carbocycles. The fourth-order valence-electron chi connectivity index (χ4n) is 4.39. The standard InChI is InChI=1S/C18H22FNO5S/c1-17(2,3)25-16(21)20-10-18-9-13(11-4-6-12(19)7-5-11)14(24-18)8-15(18)26(20,22)23/h4-7,13-15H,8-10H2,1-3H3/t13-,14-,15+,18+/m1/s1. The Bertz CT molecular complexity index is 847. The van der Waals surface area contributed by atoms with Crippen LogP contribution in [-0.2, 0) is 19.5 Å². The minimum atomic E-state index is -3.81. The molecule has 3 aliphatic rings. The molecule has 3 aliphatic heterocycles. The van der Waals surface area contributed by atoms with Gasteiger partial charge in [0.25, 0.3) is 0 Å². The van der Waals surface area contributed by atoms with Crippen molar-refractivity contribution in [3.8, 4) is 0 Å². The van der Waals surface area contributed by atoms with Crippen LogP contribution in [0.2, 0.25) is 0 Å². The maximum absolute atomic E-state index is 13.2. The van der Waals surface area contributed by atoms with Crippen LogP contribution in [0.5, 0.6) is 0 Å².